The lowest BCUT2D eigenvalue weighted by Gasteiger charge is -2.44. The third-order valence-electron chi connectivity index (χ3n) is 6.54. The average molecular weight is 445 g/mol. The summed E-state index contributed by atoms with van der Waals surface area (Å²) in [6.07, 6.45) is 28.1. The van der Waals surface area contributed by atoms with Crippen LogP contribution < -0.4 is 0 Å². The summed E-state index contributed by atoms with van der Waals surface area (Å²) in [6.45, 7) is 1.90. The fourth-order valence-electron chi connectivity index (χ4n) is 5.41. The molecule has 5 heterocycles. The van der Waals surface area contributed by atoms with Gasteiger partial charge >= 0.3 is 0 Å². The van der Waals surface area contributed by atoms with Crippen LogP contribution in [0.5, 0.6) is 0 Å². The number of halogens is 1. The second-order valence-electron chi connectivity index (χ2n) is 8.15. The van der Waals surface area contributed by atoms with E-state index < -0.39 is 0 Å². The van der Waals surface area contributed by atoms with E-state index in [0.717, 1.165) is 25.3 Å². The monoisotopic (exact) mass is 444 g/mol. The number of hydrogen-bond acceptors (Lipinski definition) is 3. The Morgan fingerprint density at radius 3 is 2.79 bits per heavy atom. The number of rotatable bonds is 0. The summed E-state index contributed by atoms with van der Waals surface area (Å²) in [6, 6.07) is 0.284. The number of hydrogen-bond donors (Lipinski definition) is 0. The van der Waals surface area contributed by atoms with Crippen molar-refractivity contribution in [2.24, 2.45) is 0 Å². The molecule has 0 aromatic heterocycles. The van der Waals surface area contributed by atoms with E-state index in [-0.39, 0.29) is 29.1 Å². The maximum absolute atomic E-state index is 6.77. The lowest BCUT2D eigenvalue weighted by Crippen LogP contribution is -2.42. The second-order valence-corrected chi connectivity index (χ2v) is 8.15. The second kappa shape index (κ2) is 6.14. The highest BCUT2D eigenvalue weighted by Gasteiger charge is 2.40. The van der Waals surface area contributed by atoms with Gasteiger partial charge in [-0.2, -0.15) is 0 Å². The van der Waals surface area contributed by atoms with Crippen molar-refractivity contribution in [2.75, 3.05) is 13.1 Å². The highest BCUT2D eigenvalue weighted by Crippen LogP contribution is 2.46. The first-order valence-electron chi connectivity index (χ1n) is 10.1. The Morgan fingerprint density at radius 2 is 1.83 bits per heavy atom. The van der Waals surface area contributed by atoms with Gasteiger partial charge in [-0.1, -0.05) is 36.5 Å². The molecule has 2 aliphatic carbocycles. The third-order valence-corrected chi connectivity index (χ3v) is 6.54. The van der Waals surface area contributed by atoms with E-state index in [4.69, 9.17) is 4.74 Å². The van der Waals surface area contributed by atoms with E-state index in [1.54, 1.807) is 0 Å². The van der Waals surface area contributed by atoms with Gasteiger partial charge in [-0.25, -0.2) is 0 Å². The molecular weight excluding hydrogens is 424 g/mol. The maximum atomic E-state index is 6.77. The molecule has 5 aliphatic heterocycles. The number of allylic oxidation sites excluding steroid dienone is 7. The summed E-state index contributed by atoms with van der Waals surface area (Å²) in [4.78, 5) is 4.74. The van der Waals surface area contributed by atoms with E-state index in [2.05, 4.69) is 83.0 Å². The minimum absolute atomic E-state index is 0. The molecule has 0 bridgehead atoms. The summed E-state index contributed by atoms with van der Waals surface area (Å²) >= 11 is 0. The van der Waals surface area contributed by atoms with Crippen LogP contribution in [0.2, 0.25) is 0 Å². The lowest BCUT2D eigenvalue weighted by molar-refractivity contribution is 0.166. The Bertz CT molecular complexity index is 1140. The van der Waals surface area contributed by atoms with Crippen molar-refractivity contribution >= 4 is 17.0 Å². The largest absolute Gasteiger partial charge is 0.480 e. The quantitative estimate of drug-likeness (QED) is 0.535. The Kier molecular flexibility index (Phi) is 3.63. The molecule has 0 aromatic rings. The van der Waals surface area contributed by atoms with Gasteiger partial charge in [-0.3, -0.25) is 0 Å². The van der Waals surface area contributed by atoms with E-state index in [9.17, 15) is 0 Å². The minimum atomic E-state index is -0.0163. The Morgan fingerprint density at radius 1 is 0.931 bits per heavy atom. The van der Waals surface area contributed by atoms with Crippen LogP contribution in [0.3, 0.4) is 0 Å². The molecule has 2 unspecified atom stereocenters. The van der Waals surface area contributed by atoms with Gasteiger partial charge in [0.1, 0.15) is 5.76 Å². The van der Waals surface area contributed by atoms with Gasteiger partial charge < -0.3 is 14.5 Å². The summed E-state index contributed by atoms with van der Waals surface area (Å²) < 4.78 is 6.77. The van der Waals surface area contributed by atoms with Crippen molar-refractivity contribution in [2.45, 2.75) is 18.6 Å². The molecule has 3 nitrogen and oxygen atoms in total. The lowest BCUT2D eigenvalue weighted by atomic mass is 9.79. The summed E-state index contributed by atoms with van der Waals surface area (Å²) in [5.41, 5.74) is 9.17. The third kappa shape index (κ3) is 2.29. The van der Waals surface area contributed by atoms with Gasteiger partial charge in [0.25, 0.3) is 0 Å². The van der Waals surface area contributed by atoms with Crippen molar-refractivity contribution in [3.05, 3.63) is 118 Å². The molecule has 7 aliphatic rings. The first kappa shape index (κ1) is 17.2. The molecule has 0 radical (unpaired) electrons. The summed E-state index contributed by atoms with van der Waals surface area (Å²) in [5.74, 6) is 1.05. The zero-order chi connectivity index (χ0) is 18.2. The van der Waals surface area contributed by atoms with E-state index in [1.165, 1.54) is 39.1 Å². The van der Waals surface area contributed by atoms with E-state index >= 15 is 0 Å². The SMILES string of the molecule is Br.C1=CN2CC=CC3=CC4=C(OC5C(=C4)C=C4CC=CN6CC=CC5=C46)C(=C1)C32. The van der Waals surface area contributed by atoms with Crippen molar-refractivity contribution in [1.29, 1.82) is 0 Å². The van der Waals surface area contributed by atoms with Crippen LogP contribution in [0.25, 0.3) is 0 Å². The van der Waals surface area contributed by atoms with Crippen LogP contribution in [0.1, 0.15) is 6.42 Å². The predicted octanol–water partition coefficient (Wildman–Crippen LogP) is 4.76. The molecule has 0 saturated heterocycles. The Labute approximate surface area is 181 Å². The van der Waals surface area contributed by atoms with Crippen LogP contribution in [0.4, 0.5) is 0 Å². The van der Waals surface area contributed by atoms with Crippen LogP contribution in [0, 0.1) is 0 Å². The molecule has 7 rings (SSSR count). The molecule has 0 aromatic carbocycles. The zero-order valence-electron chi connectivity index (χ0n) is 15.9. The number of ether oxygens (including phenoxy) is 1. The number of nitrogens with zero attached hydrogens (tertiary/aromatic N) is 2. The molecule has 0 fully saturated rings. The van der Waals surface area contributed by atoms with Crippen LogP contribution in [0.15, 0.2) is 118 Å². The average Bonchev–Trinajstić information content (AvgIpc) is 2.74. The molecule has 0 spiro atoms. The summed E-state index contributed by atoms with van der Waals surface area (Å²) in [5, 5.41) is 0. The Balaban J connectivity index is 0.00000165. The fraction of sp³-hybridized carbons (Fsp3) is 0.200. The molecule has 4 heteroatoms. The van der Waals surface area contributed by atoms with Crippen molar-refractivity contribution in [3.8, 4) is 0 Å². The van der Waals surface area contributed by atoms with Crippen molar-refractivity contribution in [3.63, 3.8) is 0 Å². The summed E-state index contributed by atoms with van der Waals surface area (Å²) in [7, 11) is 0. The van der Waals surface area contributed by atoms with Gasteiger partial charge in [0.15, 0.2) is 6.10 Å². The first-order valence-corrected chi connectivity index (χ1v) is 10.1. The molecule has 0 saturated carbocycles. The van der Waals surface area contributed by atoms with Crippen LogP contribution >= 0.6 is 17.0 Å². The highest BCUT2D eigenvalue weighted by atomic mass is 79.9. The smallest absolute Gasteiger partial charge is 0.151 e. The first-order chi connectivity index (χ1) is 13.9. The normalized spacial score (nSPS) is 29.5. The molecule has 29 heavy (non-hydrogen) atoms. The van der Waals surface area contributed by atoms with Gasteiger partial charge in [0.05, 0.1) is 11.7 Å². The molecular formula is C25H21BrN2O. The number of fused-ring (bicyclic) bond motifs is 3. The molecule has 0 amide bonds. The van der Waals surface area contributed by atoms with Crippen LogP contribution in [-0.4, -0.2) is 35.0 Å². The molecule has 144 valence electrons. The van der Waals surface area contributed by atoms with Gasteiger partial charge in [0.2, 0.25) is 0 Å². The minimum Gasteiger partial charge on any atom is -0.480 e. The van der Waals surface area contributed by atoms with Crippen LogP contribution in [-0.2, 0) is 4.74 Å². The van der Waals surface area contributed by atoms with Crippen molar-refractivity contribution in [1.82, 2.24) is 9.80 Å². The zero-order valence-corrected chi connectivity index (χ0v) is 17.6. The van der Waals surface area contributed by atoms with Gasteiger partial charge in [-0.05, 0) is 47.4 Å². The standard InChI is InChI=1S/C25H20N2O.BrH/c1-5-16-13-18-15-19-14-17-6-2-10-27-12-4-8-21(23(17)27)25(19)28-24(18)20-7-3-11-26(9-1)22(16)20;/h1-5,7-8,10-11,13-15,22,25H,6,9,12H2;1H. The maximum Gasteiger partial charge on any atom is 0.151 e. The molecule has 2 atom stereocenters. The molecule has 0 N–H and O–H groups in total. The van der Waals surface area contributed by atoms with Gasteiger partial charge in [0, 0.05) is 42.2 Å². The van der Waals surface area contributed by atoms with E-state index in [0.29, 0.717) is 0 Å². The highest BCUT2D eigenvalue weighted by molar-refractivity contribution is 8.93. The van der Waals surface area contributed by atoms with Crippen molar-refractivity contribution < 1.29 is 4.74 Å². The van der Waals surface area contributed by atoms with Gasteiger partial charge in [-0.15, -0.1) is 17.0 Å². The topological polar surface area (TPSA) is 15.7 Å². The predicted molar refractivity (Wildman–Crippen MR) is 120 cm³/mol. The fourth-order valence-corrected chi connectivity index (χ4v) is 5.41. The Hall–Kier alpha value is -2.72. The van der Waals surface area contributed by atoms with E-state index in [1.807, 2.05) is 0 Å².